The zero-order valence-corrected chi connectivity index (χ0v) is 12.7. The van der Waals surface area contributed by atoms with Gasteiger partial charge in [0.15, 0.2) is 0 Å². The van der Waals surface area contributed by atoms with E-state index in [1.54, 1.807) is 12.4 Å². The van der Waals surface area contributed by atoms with Crippen LogP contribution in [0.4, 0.5) is 0 Å². The van der Waals surface area contributed by atoms with Crippen molar-refractivity contribution in [2.75, 3.05) is 6.61 Å². The summed E-state index contributed by atoms with van der Waals surface area (Å²) in [6.45, 7) is 6.56. The van der Waals surface area contributed by atoms with Crippen LogP contribution in [-0.2, 0) is 6.42 Å². The molecular formula is C15H18ClN3O. The fraction of sp³-hybridized carbons (Fsp3) is 0.400. The maximum Gasteiger partial charge on any atom is 0.138 e. The highest BCUT2D eigenvalue weighted by atomic mass is 35.5. The highest BCUT2D eigenvalue weighted by molar-refractivity contribution is 6.30. The zero-order chi connectivity index (χ0) is 14.5. The lowest BCUT2D eigenvalue weighted by Gasteiger charge is -2.10. The van der Waals surface area contributed by atoms with Gasteiger partial charge in [0.25, 0.3) is 0 Å². The average molecular weight is 292 g/mol. The normalized spacial score (nSPS) is 10.6. The van der Waals surface area contributed by atoms with Gasteiger partial charge in [-0.1, -0.05) is 18.5 Å². The Morgan fingerprint density at radius 2 is 2.00 bits per heavy atom. The highest BCUT2D eigenvalue weighted by Gasteiger charge is 2.12. The van der Waals surface area contributed by atoms with Gasteiger partial charge in [-0.05, 0) is 26.3 Å². The molecule has 5 heteroatoms. The Balaban J connectivity index is 2.47. The predicted octanol–water partition coefficient (Wildman–Crippen LogP) is 3.85. The van der Waals surface area contributed by atoms with Gasteiger partial charge in [-0.15, -0.1) is 0 Å². The van der Waals surface area contributed by atoms with Crippen LogP contribution in [0.25, 0.3) is 11.3 Å². The first-order chi connectivity index (χ1) is 9.65. The van der Waals surface area contributed by atoms with Crippen LogP contribution in [0, 0.1) is 6.92 Å². The van der Waals surface area contributed by atoms with Gasteiger partial charge in [-0.3, -0.25) is 4.98 Å². The van der Waals surface area contributed by atoms with Gasteiger partial charge in [0.2, 0.25) is 0 Å². The van der Waals surface area contributed by atoms with Crippen molar-refractivity contribution in [2.45, 2.75) is 33.6 Å². The topological polar surface area (TPSA) is 47.9 Å². The lowest BCUT2D eigenvalue weighted by atomic mass is 10.1. The lowest BCUT2D eigenvalue weighted by Crippen LogP contribution is -2.01. The molecule has 0 unspecified atom stereocenters. The third kappa shape index (κ3) is 3.25. The van der Waals surface area contributed by atoms with Gasteiger partial charge < -0.3 is 4.74 Å². The van der Waals surface area contributed by atoms with Crippen LogP contribution in [-0.4, -0.2) is 21.6 Å². The smallest absolute Gasteiger partial charge is 0.138 e. The van der Waals surface area contributed by atoms with Crippen molar-refractivity contribution in [1.29, 1.82) is 0 Å². The minimum Gasteiger partial charge on any atom is -0.492 e. The molecule has 0 aliphatic carbocycles. The molecule has 0 aromatic carbocycles. The minimum atomic E-state index is 0.500. The summed E-state index contributed by atoms with van der Waals surface area (Å²) in [5.74, 6) is 1.50. The molecule has 0 aliphatic heterocycles. The van der Waals surface area contributed by atoms with Gasteiger partial charge in [0.05, 0.1) is 18.5 Å². The van der Waals surface area contributed by atoms with Crippen LogP contribution in [0.3, 0.4) is 0 Å². The summed E-state index contributed by atoms with van der Waals surface area (Å²) in [6.07, 6.45) is 5.25. The van der Waals surface area contributed by atoms with Crippen molar-refractivity contribution in [1.82, 2.24) is 15.0 Å². The van der Waals surface area contributed by atoms with Crippen molar-refractivity contribution in [2.24, 2.45) is 0 Å². The second kappa shape index (κ2) is 6.66. The van der Waals surface area contributed by atoms with Crippen molar-refractivity contribution < 1.29 is 4.74 Å². The molecule has 2 aromatic heterocycles. The summed E-state index contributed by atoms with van der Waals surface area (Å²) in [5.41, 5.74) is 2.58. The number of pyridine rings is 1. The fourth-order valence-electron chi connectivity index (χ4n) is 1.94. The maximum atomic E-state index is 6.20. The molecule has 2 aromatic rings. The first kappa shape index (κ1) is 14.7. The number of ether oxygens (including phenoxy) is 1. The third-order valence-electron chi connectivity index (χ3n) is 2.90. The van der Waals surface area contributed by atoms with Gasteiger partial charge in [-0.25, -0.2) is 9.97 Å². The van der Waals surface area contributed by atoms with E-state index < -0.39 is 0 Å². The summed E-state index contributed by atoms with van der Waals surface area (Å²) in [5, 5.41) is 0.500. The summed E-state index contributed by atoms with van der Waals surface area (Å²) in [7, 11) is 0. The van der Waals surface area contributed by atoms with Gasteiger partial charge in [0, 0.05) is 23.7 Å². The highest BCUT2D eigenvalue weighted by Crippen LogP contribution is 2.27. The summed E-state index contributed by atoms with van der Waals surface area (Å²) in [6, 6.07) is 1.93. The lowest BCUT2D eigenvalue weighted by molar-refractivity contribution is 0.339. The minimum absolute atomic E-state index is 0.500. The van der Waals surface area contributed by atoms with Gasteiger partial charge in [0.1, 0.15) is 16.7 Å². The second-order valence-electron chi connectivity index (χ2n) is 4.50. The van der Waals surface area contributed by atoms with Gasteiger partial charge in [-0.2, -0.15) is 0 Å². The molecule has 106 valence electrons. The molecule has 0 N–H and O–H groups in total. The van der Waals surface area contributed by atoms with Crippen LogP contribution in [0.2, 0.25) is 5.15 Å². The van der Waals surface area contributed by atoms with Crippen molar-refractivity contribution in [3.8, 4) is 17.0 Å². The Morgan fingerprint density at radius 3 is 2.70 bits per heavy atom. The van der Waals surface area contributed by atoms with E-state index in [0.29, 0.717) is 11.8 Å². The number of nitrogens with zero attached hydrogens (tertiary/aromatic N) is 3. The molecule has 0 fully saturated rings. The average Bonchev–Trinajstić information content (AvgIpc) is 2.43. The molecule has 0 amide bonds. The predicted molar refractivity (Wildman–Crippen MR) is 80.2 cm³/mol. The number of aryl methyl sites for hydroxylation is 1. The Bertz CT molecular complexity index is 602. The zero-order valence-electron chi connectivity index (χ0n) is 12.0. The quantitative estimate of drug-likeness (QED) is 0.785. The Labute approximate surface area is 124 Å². The third-order valence-corrected chi connectivity index (χ3v) is 3.27. The molecular weight excluding hydrogens is 274 g/mol. The molecule has 0 radical (unpaired) electrons. The number of halogens is 1. The van der Waals surface area contributed by atoms with E-state index in [1.807, 2.05) is 19.9 Å². The monoisotopic (exact) mass is 291 g/mol. The Hall–Kier alpha value is -1.68. The molecule has 0 aliphatic rings. The van der Waals surface area contributed by atoms with E-state index in [0.717, 1.165) is 41.2 Å². The molecule has 0 spiro atoms. The molecule has 0 saturated carbocycles. The molecule has 0 saturated heterocycles. The van der Waals surface area contributed by atoms with Crippen LogP contribution >= 0.6 is 11.6 Å². The van der Waals surface area contributed by atoms with Crippen molar-refractivity contribution in [3.05, 3.63) is 35.0 Å². The number of hydrogen-bond donors (Lipinski definition) is 0. The molecule has 0 atom stereocenters. The van der Waals surface area contributed by atoms with Crippen LogP contribution in [0.1, 0.15) is 31.7 Å². The van der Waals surface area contributed by atoms with E-state index in [4.69, 9.17) is 16.3 Å². The fourth-order valence-corrected chi connectivity index (χ4v) is 2.13. The first-order valence-electron chi connectivity index (χ1n) is 6.77. The van der Waals surface area contributed by atoms with Gasteiger partial charge >= 0.3 is 0 Å². The van der Waals surface area contributed by atoms with Crippen LogP contribution in [0.15, 0.2) is 18.5 Å². The van der Waals surface area contributed by atoms with E-state index in [2.05, 4.69) is 21.9 Å². The van der Waals surface area contributed by atoms with Crippen molar-refractivity contribution >= 4 is 11.6 Å². The molecule has 2 heterocycles. The summed E-state index contributed by atoms with van der Waals surface area (Å²) in [4.78, 5) is 13.1. The standard InChI is InChI=1S/C15H18ClN3O/c1-4-6-13-18-14(10(3)15(16)19-13)11-7-12(20-5-2)9-17-8-11/h7-9H,4-6H2,1-3H3. The van der Waals surface area contributed by atoms with Crippen LogP contribution < -0.4 is 4.74 Å². The molecule has 2 rings (SSSR count). The first-order valence-corrected chi connectivity index (χ1v) is 7.14. The summed E-state index contributed by atoms with van der Waals surface area (Å²) < 4.78 is 5.48. The molecule has 20 heavy (non-hydrogen) atoms. The molecule has 4 nitrogen and oxygen atoms in total. The largest absolute Gasteiger partial charge is 0.492 e. The number of hydrogen-bond acceptors (Lipinski definition) is 4. The summed E-state index contributed by atoms with van der Waals surface area (Å²) >= 11 is 6.20. The van der Waals surface area contributed by atoms with E-state index in [9.17, 15) is 0 Å². The SMILES string of the molecule is CCCc1nc(Cl)c(C)c(-c2cncc(OCC)c2)n1. The Morgan fingerprint density at radius 1 is 1.20 bits per heavy atom. The number of rotatable bonds is 5. The van der Waals surface area contributed by atoms with Crippen LogP contribution in [0.5, 0.6) is 5.75 Å². The Kier molecular flexibility index (Phi) is 4.90. The molecule has 0 bridgehead atoms. The van der Waals surface area contributed by atoms with E-state index in [1.165, 1.54) is 0 Å². The number of aromatic nitrogens is 3. The maximum absolute atomic E-state index is 6.20. The van der Waals surface area contributed by atoms with E-state index >= 15 is 0 Å². The van der Waals surface area contributed by atoms with Crippen molar-refractivity contribution in [3.63, 3.8) is 0 Å². The van der Waals surface area contributed by atoms with E-state index in [-0.39, 0.29) is 0 Å². The second-order valence-corrected chi connectivity index (χ2v) is 4.85.